The predicted molar refractivity (Wildman–Crippen MR) is 75.1 cm³/mol. The fourth-order valence-electron chi connectivity index (χ4n) is 2.50. The molecule has 1 nitrogen and oxygen atoms in total. The highest BCUT2D eigenvalue weighted by Gasteiger charge is 2.20. The lowest BCUT2D eigenvalue weighted by Gasteiger charge is -2.27. The van der Waals surface area contributed by atoms with Gasteiger partial charge in [-0.3, -0.25) is 0 Å². The number of anilines is 1. The van der Waals surface area contributed by atoms with Crippen LogP contribution in [-0.2, 0) is 0 Å². The summed E-state index contributed by atoms with van der Waals surface area (Å²) in [5, 5.41) is 3.46. The lowest BCUT2D eigenvalue weighted by atomic mass is 9.85. The third-order valence-electron chi connectivity index (χ3n) is 3.29. The number of hydrogen-bond donors (Lipinski definition) is 1. The first-order chi connectivity index (χ1) is 7.95. The van der Waals surface area contributed by atoms with Gasteiger partial charge in [0.15, 0.2) is 0 Å². The van der Waals surface area contributed by atoms with Crippen molar-refractivity contribution >= 4 is 18.1 Å². The SMILES string of the molecule is Cl.c1ccc(C2CCNc3ccccc32)cc1. The summed E-state index contributed by atoms with van der Waals surface area (Å²) >= 11 is 0. The first-order valence-corrected chi connectivity index (χ1v) is 5.83. The summed E-state index contributed by atoms with van der Waals surface area (Å²) in [6, 6.07) is 19.4. The molecule has 0 bridgehead atoms. The third kappa shape index (κ3) is 2.29. The molecular formula is C15H16ClN. The second kappa shape index (κ2) is 5.24. The number of rotatable bonds is 1. The normalized spacial score (nSPS) is 17.5. The molecule has 1 aliphatic heterocycles. The highest BCUT2D eigenvalue weighted by Crippen LogP contribution is 2.35. The summed E-state index contributed by atoms with van der Waals surface area (Å²) < 4.78 is 0. The van der Waals surface area contributed by atoms with Gasteiger partial charge in [0.1, 0.15) is 0 Å². The minimum atomic E-state index is 0. The molecular weight excluding hydrogens is 230 g/mol. The van der Waals surface area contributed by atoms with Gasteiger partial charge in [-0.25, -0.2) is 0 Å². The zero-order valence-electron chi connectivity index (χ0n) is 9.60. The zero-order valence-corrected chi connectivity index (χ0v) is 10.4. The summed E-state index contributed by atoms with van der Waals surface area (Å²) in [6.45, 7) is 1.07. The van der Waals surface area contributed by atoms with Crippen molar-refractivity contribution in [2.45, 2.75) is 12.3 Å². The van der Waals surface area contributed by atoms with Crippen LogP contribution < -0.4 is 5.32 Å². The van der Waals surface area contributed by atoms with E-state index in [4.69, 9.17) is 0 Å². The number of fused-ring (bicyclic) bond motifs is 1. The van der Waals surface area contributed by atoms with Gasteiger partial charge in [0, 0.05) is 18.2 Å². The molecule has 1 heterocycles. The van der Waals surface area contributed by atoms with Crippen molar-refractivity contribution in [2.24, 2.45) is 0 Å². The molecule has 1 atom stereocenters. The Hall–Kier alpha value is -1.47. The number of hydrogen-bond acceptors (Lipinski definition) is 1. The predicted octanol–water partition coefficient (Wildman–Crippen LogP) is 4.06. The van der Waals surface area contributed by atoms with E-state index >= 15 is 0 Å². The van der Waals surface area contributed by atoms with E-state index in [1.165, 1.54) is 23.2 Å². The first kappa shape index (κ1) is 12.0. The van der Waals surface area contributed by atoms with Gasteiger partial charge in [-0.05, 0) is 23.6 Å². The number of benzene rings is 2. The van der Waals surface area contributed by atoms with Gasteiger partial charge < -0.3 is 5.32 Å². The van der Waals surface area contributed by atoms with E-state index in [-0.39, 0.29) is 12.4 Å². The minimum absolute atomic E-state index is 0. The lowest BCUT2D eigenvalue weighted by molar-refractivity contribution is 0.720. The van der Waals surface area contributed by atoms with Gasteiger partial charge in [-0.2, -0.15) is 0 Å². The van der Waals surface area contributed by atoms with Crippen LogP contribution in [0.25, 0.3) is 0 Å². The number of nitrogens with one attached hydrogen (secondary N) is 1. The van der Waals surface area contributed by atoms with Gasteiger partial charge >= 0.3 is 0 Å². The van der Waals surface area contributed by atoms with Crippen LogP contribution in [-0.4, -0.2) is 6.54 Å². The standard InChI is InChI=1S/C15H15N.ClH/c1-2-6-12(7-3-1)13-10-11-16-15-9-5-4-8-14(13)15;/h1-9,13,16H,10-11H2;1H. The first-order valence-electron chi connectivity index (χ1n) is 5.83. The summed E-state index contributed by atoms with van der Waals surface area (Å²) in [7, 11) is 0. The van der Waals surface area contributed by atoms with Crippen LogP contribution in [0.3, 0.4) is 0 Å². The average molecular weight is 246 g/mol. The zero-order chi connectivity index (χ0) is 10.8. The van der Waals surface area contributed by atoms with Gasteiger partial charge in [0.05, 0.1) is 0 Å². The van der Waals surface area contributed by atoms with E-state index in [0.717, 1.165) is 6.54 Å². The van der Waals surface area contributed by atoms with E-state index < -0.39 is 0 Å². The second-order valence-corrected chi connectivity index (χ2v) is 4.27. The van der Waals surface area contributed by atoms with Crippen LogP contribution in [0.5, 0.6) is 0 Å². The van der Waals surface area contributed by atoms with Crippen molar-refractivity contribution in [3.05, 3.63) is 65.7 Å². The maximum absolute atomic E-state index is 3.46. The Balaban J connectivity index is 0.00000108. The van der Waals surface area contributed by atoms with E-state index in [9.17, 15) is 0 Å². The Kier molecular flexibility index (Phi) is 3.70. The van der Waals surface area contributed by atoms with Gasteiger partial charge in [-0.1, -0.05) is 48.5 Å². The molecule has 0 radical (unpaired) electrons. The largest absolute Gasteiger partial charge is 0.385 e. The summed E-state index contributed by atoms with van der Waals surface area (Å²) in [5.41, 5.74) is 4.15. The van der Waals surface area contributed by atoms with E-state index in [1.807, 2.05) is 0 Å². The topological polar surface area (TPSA) is 12.0 Å². The van der Waals surface area contributed by atoms with Crippen molar-refractivity contribution in [3.63, 3.8) is 0 Å². The van der Waals surface area contributed by atoms with Crippen molar-refractivity contribution < 1.29 is 0 Å². The van der Waals surface area contributed by atoms with Crippen molar-refractivity contribution in [1.82, 2.24) is 0 Å². The van der Waals surface area contributed by atoms with Crippen LogP contribution in [0.15, 0.2) is 54.6 Å². The maximum Gasteiger partial charge on any atom is 0.0379 e. The Morgan fingerprint density at radius 2 is 1.59 bits per heavy atom. The number of halogens is 1. The average Bonchev–Trinajstić information content (AvgIpc) is 2.39. The molecule has 0 amide bonds. The van der Waals surface area contributed by atoms with Crippen LogP contribution in [0.1, 0.15) is 23.5 Å². The molecule has 1 N–H and O–H groups in total. The molecule has 17 heavy (non-hydrogen) atoms. The van der Waals surface area contributed by atoms with E-state index in [2.05, 4.69) is 59.9 Å². The summed E-state index contributed by atoms with van der Waals surface area (Å²) in [4.78, 5) is 0. The molecule has 2 heteroatoms. The van der Waals surface area contributed by atoms with Crippen molar-refractivity contribution in [2.75, 3.05) is 11.9 Å². The molecule has 2 aromatic carbocycles. The van der Waals surface area contributed by atoms with Crippen LogP contribution in [0.2, 0.25) is 0 Å². The van der Waals surface area contributed by atoms with Crippen molar-refractivity contribution in [1.29, 1.82) is 0 Å². The highest BCUT2D eigenvalue weighted by molar-refractivity contribution is 5.85. The lowest BCUT2D eigenvalue weighted by Crippen LogP contribution is -2.17. The van der Waals surface area contributed by atoms with Crippen LogP contribution in [0.4, 0.5) is 5.69 Å². The molecule has 0 aromatic heterocycles. The fourth-order valence-corrected chi connectivity index (χ4v) is 2.50. The van der Waals surface area contributed by atoms with E-state index in [1.54, 1.807) is 0 Å². The number of para-hydroxylation sites is 1. The maximum atomic E-state index is 3.46. The van der Waals surface area contributed by atoms with Crippen molar-refractivity contribution in [3.8, 4) is 0 Å². The molecule has 0 aliphatic carbocycles. The molecule has 88 valence electrons. The molecule has 1 aliphatic rings. The monoisotopic (exact) mass is 245 g/mol. The molecule has 0 saturated heterocycles. The molecule has 0 fully saturated rings. The smallest absolute Gasteiger partial charge is 0.0379 e. The Morgan fingerprint density at radius 1 is 0.882 bits per heavy atom. The van der Waals surface area contributed by atoms with Crippen LogP contribution >= 0.6 is 12.4 Å². The van der Waals surface area contributed by atoms with Gasteiger partial charge in [0.2, 0.25) is 0 Å². The highest BCUT2D eigenvalue weighted by atomic mass is 35.5. The Labute approximate surface area is 108 Å². The Morgan fingerprint density at radius 3 is 2.41 bits per heavy atom. The molecule has 1 unspecified atom stereocenters. The quantitative estimate of drug-likeness (QED) is 0.799. The third-order valence-corrected chi connectivity index (χ3v) is 3.29. The molecule has 3 rings (SSSR count). The van der Waals surface area contributed by atoms with Crippen LogP contribution in [0, 0.1) is 0 Å². The fraction of sp³-hybridized carbons (Fsp3) is 0.200. The van der Waals surface area contributed by atoms with Gasteiger partial charge in [-0.15, -0.1) is 12.4 Å². The summed E-state index contributed by atoms with van der Waals surface area (Å²) in [5.74, 6) is 0.554. The molecule has 0 saturated carbocycles. The second-order valence-electron chi connectivity index (χ2n) is 4.27. The summed E-state index contributed by atoms with van der Waals surface area (Å²) in [6.07, 6.45) is 1.18. The van der Waals surface area contributed by atoms with Gasteiger partial charge in [0.25, 0.3) is 0 Å². The molecule has 2 aromatic rings. The Bertz CT molecular complexity index is 481. The van der Waals surface area contributed by atoms with E-state index in [0.29, 0.717) is 5.92 Å². The molecule has 0 spiro atoms. The minimum Gasteiger partial charge on any atom is -0.385 e.